The number of rotatable bonds is 8. The Morgan fingerprint density at radius 3 is 2.68 bits per heavy atom. The number of benzene rings is 1. The number of carbonyl (C=O) groups is 1. The maximum absolute atomic E-state index is 11.8. The van der Waals surface area contributed by atoms with E-state index in [1.807, 2.05) is 12.1 Å². The quantitative estimate of drug-likeness (QED) is 0.701. The van der Waals surface area contributed by atoms with E-state index in [0.29, 0.717) is 18.7 Å². The van der Waals surface area contributed by atoms with Crippen LogP contribution in [0.15, 0.2) is 24.3 Å². The summed E-state index contributed by atoms with van der Waals surface area (Å²) in [6.07, 6.45) is 3.49. The highest BCUT2D eigenvalue weighted by Gasteiger charge is 2.20. The molecule has 0 aromatic heterocycles. The molecule has 1 aromatic rings. The van der Waals surface area contributed by atoms with Crippen molar-refractivity contribution < 1.29 is 9.53 Å². The van der Waals surface area contributed by atoms with Crippen LogP contribution in [0.2, 0.25) is 0 Å². The lowest BCUT2D eigenvalue weighted by Gasteiger charge is -2.06. The van der Waals surface area contributed by atoms with Gasteiger partial charge in [-0.1, -0.05) is 12.1 Å². The van der Waals surface area contributed by atoms with E-state index in [9.17, 15) is 4.79 Å². The molecule has 0 spiro atoms. The minimum atomic E-state index is -0.0363. The van der Waals surface area contributed by atoms with Gasteiger partial charge in [-0.05, 0) is 42.9 Å². The van der Waals surface area contributed by atoms with Gasteiger partial charge in [0.25, 0.3) is 5.91 Å². The van der Waals surface area contributed by atoms with Gasteiger partial charge in [0.05, 0.1) is 0 Å². The average Bonchev–Trinajstić information content (AvgIpc) is 3.26. The molecule has 3 N–H and O–H groups in total. The number of nitrogens with two attached hydrogens (primary N) is 1. The molecule has 0 saturated heterocycles. The lowest BCUT2D eigenvalue weighted by molar-refractivity contribution is 0.0937. The summed E-state index contributed by atoms with van der Waals surface area (Å²) in [6.45, 7) is 2.76. The Morgan fingerprint density at radius 1 is 1.32 bits per heavy atom. The Kier molecular flexibility index (Phi) is 5.36. The van der Waals surface area contributed by atoms with Crippen LogP contribution >= 0.6 is 0 Å². The van der Waals surface area contributed by atoms with Gasteiger partial charge >= 0.3 is 0 Å². The van der Waals surface area contributed by atoms with Crippen LogP contribution in [0.5, 0.6) is 0 Å². The minimum Gasteiger partial charge on any atom is -0.381 e. The first kappa shape index (κ1) is 14.0. The monoisotopic (exact) mass is 262 g/mol. The van der Waals surface area contributed by atoms with Crippen LogP contribution in [-0.4, -0.2) is 25.7 Å². The molecule has 0 unspecified atom stereocenters. The summed E-state index contributed by atoms with van der Waals surface area (Å²) < 4.78 is 5.51. The van der Waals surface area contributed by atoms with Crippen molar-refractivity contribution in [1.29, 1.82) is 0 Å². The third kappa shape index (κ3) is 5.01. The van der Waals surface area contributed by atoms with Crippen LogP contribution in [0.25, 0.3) is 0 Å². The van der Waals surface area contributed by atoms with Crippen LogP contribution in [-0.2, 0) is 11.3 Å². The molecule has 0 radical (unpaired) electrons. The molecule has 0 atom stereocenters. The van der Waals surface area contributed by atoms with Crippen molar-refractivity contribution >= 4 is 5.91 Å². The average molecular weight is 262 g/mol. The van der Waals surface area contributed by atoms with Gasteiger partial charge in [-0.3, -0.25) is 4.79 Å². The second-order valence-electron chi connectivity index (χ2n) is 5.03. The molecule has 0 heterocycles. The van der Waals surface area contributed by atoms with Gasteiger partial charge in [0.2, 0.25) is 0 Å². The number of carbonyl (C=O) groups excluding carboxylic acids is 1. The van der Waals surface area contributed by atoms with Crippen molar-refractivity contribution in [2.75, 3.05) is 19.8 Å². The maximum atomic E-state index is 11.8. The summed E-state index contributed by atoms with van der Waals surface area (Å²) in [6, 6.07) is 7.38. The fourth-order valence-corrected chi connectivity index (χ4v) is 1.80. The summed E-state index contributed by atoms with van der Waals surface area (Å²) in [7, 11) is 0. The number of hydrogen-bond acceptors (Lipinski definition) is 3. The Bertz CT molecular complexity index is 399. The van der Waals surface area contributed by atoms with Crippen LogP contribution in [0, 0.1) is 5.92 Å². The molecule has 4 heteroatoms. The Morgan fingerprint density at radius 2 is 2.05 bits per heavy atom. The van der Waals surface area contributed by atoms with Gasteiger partial charge in [-0.25, -0.2) is 0 Å². The third-order valence-electron chi connectivity index (χ3n) is 3.25. The molecule has 1 amide bonds. The second-order valence-corrected chi connectivity index (χ2v) is 5.03. The number of hydrogen-bond donors (Lipinski definition) is 2. The zero-order chi connectivity index (χ0) is 13.5. The molecule has 1 saturated carbocycles. The molecule has 0 aliphatic heterocycles. The van der Waals surface area contributed by atoms with Crippen molar-refractivity contribution in [3.05, 3.63) is 35.4 Å². The molecule has 1 aliphatic carbocycles. The molecule has 1 aromatic carbocycles. The highest BCUT2D eigenvalue weighted by molar-refractivity contribution is 5.94. The summed E-state index contributed by atoms with van der Waals surface area (Å²) in [4.78, 5) is 11.8. The fraction of sp³-hybridized carbons (Fsp3) is 0.533. The lowest BCUT2D eigenvalue weighted by atomic mass is 10.1. The zero-order valence-electron chi connectivity index (χ0n) is 11.2. The minimum absolute atomic E-state index is 0.0363. The highest BCUT2D eigenvalue weighted by Crippen LogP contribution is 2.28. The standard InChI is InChI=1S/C15H22N2O2/c16-10-12-4-6-14(7-5-12)15(18)17-8-1-9-19-11-13-2-3-13/h4-7,13H,1-3,8-11,16H2,(H,17,18). The van der Waals surface area contributed by atoms with Crippen LogP contribution in [0.1, 0.15) is 35.2 Å². The molecule has 104 valence electrons. The van der Waals surface area contributed by atoms with E-state index >= 15 is 0 Å². The third-order valence-corrected chi connectivity index (χ3v) is 3.25. The second kappa shape index (κ2) is 7.26. The van der Waals surface area contributed by atoms with Crippen molar-refractivity contribution in [3.8, 4) is 0 Å². The van der Waals surface area contributed by atoms with Crippen LogP contribution < -0.4 is 11.1 Å². The molecule has 2 rings (SSSR count). The number of nitrogens with one attached hydrogen (secondary N) is 1. The number of amides is 1. The molecule has 19 heavy (non-hydrogen) atoms. The fourth-order valence-electron chi connectivity index (χ4n) is 1.80. The highest BCUT2D eigenvalue weighted by atomic mass is 16.5. The van der Waals surface area contributed by atoms with Crippen molar-refractivity contribution in [3.63, 3.8) is 0 Å². The first-order valence-electron chi connectivity index (χ1n) is 6.94. The Balaban J connectivity index is 1.59. The van der Waals surface area contributed by atoms with Gasteiger partial charge in [0, 0.05) is 31.9 Å². The lowest BCUT2D eigenvalue weighted by Crippen LogP contribution is -2.25. The predicted molar refractivity (Wildman–Crippen MR) is 74.8 cm³/mol. The van der Waals surface area contributed by atoms with Crippen molar-refractivity contribution in [2.24, 2.45) is 11.7 Å². The van der Waals surface area contributed by atoms with Gasteiger partial charge in [-0.15, -0.1) is 0 Å². The molecule has 1 aliphatic rings. The largest absolute Gasteiger partial charge is 0.381 e. The van der Waals surface area contributed by atoms with Gasteiger partial charge in [0.15, 0.2) is 0 Å². The van der Waals surface area contributed by atoms with E-state index in [1.54, 1.807) is 12.1 Å². The van der Waals surface area contributed by atoms with E-state index in [-0.39, 0.29) is 5.91 Å². The zero-order valence-corrected chi connectivity index (χ0v) is 11.2. The summed E-state index contributed by atoms with van der Waals surface area (Å²) in [5.74, 6) is 0.765. The predicted octanol–water partition coefficient (Wildman–Crippen LogP) is 1.69. The van der Waals surface area contributed by atoms with Crippen molar-refractivity contribution in [2.45, 2.75) is 25.8 Å². The van der Waals surface area contributed by atoms with E-state index in [0.717, 1.165) is 31.1 Å². The van der Waals surface area contributed by atoms with Gasteiger partial charge < -0.3 is 15.8 Å². The molecular formula is C15H22N2O2. The maximum Gasteiger partial charge on any atom is 0.251 e. The van der Waals surface area contributed by atoms with E-state index < -0.39 is 0 Å². The normalized spacial score (nSPS) is 14.4. The smallest absolute Gasteiger partial charge is 0.251 e. The van der Waals surface area contributed by atoms with Gasteiger partial charge in [-0.2, -0.15) is 0 Å². The van der Waals surface area contributed by atoms with Gasteiger partial charge in [0.1, 0.15) is 0 Å². The van der Waals surface area contributed by atoms with E-state index in [4.69, 9.17) is 10.5 Å². The van der Waals surface area contributed by atoms with Crippen LogP contribution in [0.4, 0.5) is 0 Å². The number of ether oxygens (including phenoxy) is 1. The van der Waals surface area contributed by atoms with Crippen LogP contribution in [0.3, 0.4) is 0 Å². The molecular weight excluding hydrogens is 240 g/mol. The Hall–Kier alpha value is -1.39. The SMILES string of the molecule is NCc1ccc(C(=O)NCCCOCC2CC2)cc1. The van der Waals surface area contributed by atoms with E-state index in [1.165, 1.54) is 12.8 Å². The first-order chi connectivity index (χ1) is 9.29. The first-order valence-corrected chi connectivity index (χ1v) is 6.94. The summed E-state index contributed by atoms with van der Waals surface area (Å²) >= 11 is 0. The molecule has 1 fully saturated rings. The summed E-state index contributed by atoms with van der Waals surface area (Å²) in [5.41, 5.74) is 7.22. The molecule has 4 nitrogen and oxygen atoms in total. The summed E-state index contributed by atoms with van der Waals surface area (Å²) in [5, 5.41) is 2.89. The molecule has 0 bridgehead atoms. The topological polar surface area (TPSA) is 64.4 Å². The Labute approximate surface area is 114 Å². The van der Waals surface area contributed by atoms with Crippen molar-refractivity contribution in [1.82, 2.24) is 5.32 Å². The van der Waals surface area contributed by atoms with E-state index in [2.05, 4.69) is 5.32 Å².